The van der Waals surface area contributed by atoms with Gasteiger partial charge in [0.1, 0.15) is 17.3 Å². The molecule has 0 aliphatic carbocycles. The van der Waals surface area contributed by atoms with Gasteiger partial charge in [0, 0.05) is 13.0 Å². The van der Waals surface area contributed by atoms with E-state index in [1.807, 2.05) is 60.7 Å². The SMILES string of the molecule is Cc1c(C)c(C)c(Cc2ccc(C(=O)NCCc3ccccc3Oc3ccccc3)o2)c(C)c1C. The van der Waals surface area contributed by atoms with Crippen LogP contribution in [0, 0.1) is 34.6 Å². The van der Waals surface area contributed by atoms with Gasteiger partial charge in [0.05, 0.1) is 0 Å². The number of para-hydroxylation sites is 2. The summed E-state index contributed by atoms with van der Waals surface area (Å²) in [5.41, 5.74) is 8.90. The van der Waals surface area contributed by atoms with Crippen molar-refractivity contribution < 1.29 is 13.9 Å². The minimum Gasteiger partial charge on any atom is -0.457 e. The monoisotopic (exact) mass is 467 g/mol. The van der Waals surface area contributed by atoms with Crippen LogP contribution in [0.5, 0.6) is 11.5 Å². The Kier molecular flexibility index (Phi) is 7.40. The first-order chi connectivity index (χ1) is 16.8. The number of furan rings is 1. The molecule has 4 rings (SSSR count). The number of nitrogens with one attached hydrogen (secondary N) is 1. The van der Waals surface area contributed by atoms with E-state index >= 15 is 0 Å². The highest BCUT2D eigenvalue weighted by Crippen LogP contribution is 2.28. The highest BCUT2D eigenvalue weighted by atomic mass is 16.5. The van der Waals surface area contributed by atoms with Gasteiger partial charge >= 0.3 is 0 Å². The molecule has 0 bridgehead atoms. The Hall–Kier alpha value is -3.79. The molecule has 3 aromatic carbocycles. The Labute approximate surface area is 208 Å². The van der Waals surface area contributed by atoms with Crippen LogP contribution in [0.4, 0.5) is 0 Å². The topological polar surface area (TPSA) is 51.5 Å². The third-order valence-corrected chi connectivity index (χ3v) is 7.02. The summed E-state index contributed by atoms with van der Waals surface area (Å²) in [6.07, 6.45) is 1.33. The molecule has 0 saturated heterocycles. The summed E-state index contributed by atoms with van der Waals surface area (Å²) in [6, 6.07) is 21.3. The maximum absolute atomic E-state index is 12.7. The number of carbonyl (C=O) groups is 1. The molecule has 0 radical (unpaired) electrons. The van der Waals surface area contributed by atoms with Crippen molar-refractivity contribution in [2.75, 3.05) is 6.54 Å². The predicted molar refractivity (Wildman–Crippen MR) is 141 cm³/mol. The van der Waals surface area contributed by atoms with Gasteiger partial charge in [-0.3, -0.25) is 4.79 Å². The smallest absolute Gasteiger partial charge is 0.287 e. The van der Waals surface area contributed by atoms with E-state index in [0.717, 1.165) is 22.8 Å². The molecule has 1 N–H and O–H groups in total. The van der Waals surface area contributed by atoms with Crippen molar-refractivity contribution in [1.29, 1.82) is 0 Å². The number of carbonyl (C=O) groups excluding carboxylic acids is 1. The first-order valence-corrected chi connectivity index (χ1v) is 12.1. The fourth-order valence-corrected chi connectivity index (χ4v) is 4.44. The molecule has 1 heterocycles. The Morgan fingerprint density at radius 3 is 2.11 bits per heavy atom. The molecule has 0 aliphatic rings. The van der Waals surface area contributed by atoms with E-state index < -0.39 is 0 Å². The van der Waals surface area contributed by atoms with Gasteiger partial charge in [0.25, 0.3) is 5.91 Å². The van der Waals surface area contributed by atoms with Crippen molar-refractivity contribution in [1.82, 2.24) is 5.32 Å². The van der Waals surface area contributed by atoms with Gasteiger partial charge in [-0.15, -0.1) is 0 Å². The van der Waals surface area contributed by atoms with Gasteiger partial charge < -0.3 is 14.5 Å². The number of rotatable bonds is 8. The molecule has 0 spiro atoms. The predicted octanol–water partition coefficient (Wildman–Crippen LogP) is 7.18. The van der Waals surface area contributed by atoms with Crippen LogP contribution in [-0.4, -0.2) is 12.5 Å². The molecule has 0 fully saturated rings. The Morgan fingerprint density at radius 2 is 1.40 bits per heavy atom. The average molecular weight is 468 g/mol. The Morgan fingerprint density at radius 1 is 0.771 bits per heavy atom. The first kappa shape index (κ1) is 24.3. The molecular formula is C31H33NO3. The van der Waals surface area contributed by atoms with Crippen molar-refractivity contribution in [2.45, 2.75) is 47.5 Å². The second-order valence-electron chi connectivity index (χ2n) is 9.08. The van der Waals surface area contributed by atoms with Crippen LogP contribution in [0.3, 0.4) is 0 Å². The molecule has 1 amide bonds. The molecule has 0 aliphatic heterocycles. The zero-order chi connectivity index (χ0) is 24.9. The fourth-order valence-electron chi connectivity index (χ4n) is 4.44. The molecule has 0 atom stereocenters. The lowest BCUT2D eigenvalue weighted by Gasteiger charge is -2.18. The maximum Gasteiger partial charge on any atom is 0.287 e. The summed E-state index contributed by atoms with van der Waals surface area (Å²) in [5, 5.41) is 2.98. The van der Waals surface area contributed by atoms with Crippen molar-refractivity contribution in [3.8, 4) is 11.5 Å². The summed E-state index contributed by atoms with van der Waals surface area (Å²) in [4.78, 5) is 12.7. The third kappa shape index (κ3) is 5.48. The van der Waals surface area contributed by atoms with Gasteiger partial charge in [-0.05, 0) is 110 Å². The maximum atomic E-state index is 12.7. The van der Waals surface area contributed by atoms with E-state index in [4.69, 9.17) is 9.15 Å². The minimum atomic E-state index is -0.206. The Bertz CT molecular complexity index is 1310. The number of amides is 1. The number of hydrogen-bond donors (Lipinski definition) is 1. The summed E-state index contributed by atoms with van der Waals surface area (Å²) in [7, 11) is 0. The molecule has 0 saturated carbocycles. The average Bonchev–Trinajstić information content (AvgIpc) is 3.35. The van der Waals surface area contributed by atoms with Crippen LogP contribution in [-0.2, 0) is 12.8 Å². The van der Waals surface area contributed by atoms with Gasteiger partial charge in [0.2, 0.25) is 0 Å². The molecule has 4 nitrogen and oxygen atoms in total. The second kappa shape index (κ2) is 10.6. The molecule has 35 heavy (non-hydrogen) atoms. The van der Waals surface area contributed by atoms with Gasteiger partial charge in [0.15, 0.2) is 5.76 Å². The molecule has 1 aromatic heterocycles. The standard InChI is InChI=1S/C31H33NO3/c1-20-21(2)23(4)28(24(5)22(20)3)19-27-15-16-30(35-27)31(33)32-18-17-25-11-9-10-14-29(25)34-26-12-7-6-8-13-26/h6-16H,17-19H2,1-5H3,(H,32,33). The van der Waals surface area contributed by atoms with Crippen molar-refractivity contribution in [3.05, 3.63) is 117 Å². The van der Waals surface area contributed by atoms with Crippen LogP contribution in [0.25, 0.3) is 0 Å². The summed E-state index contributed by atoms with van der Waals surface area (Å²) in [5.74, 6) is 2.51. The Balaban J connectivity index is 1.38. The first-order valence-electron chi connectivity index (χ1n) is 12.1. The van der Waals surface area contributed by atoms with Gasteiger partial charge in [-0.25, -0.2) is 0 Å². The van der Waals surface area contributed by atoms with Crippen molar-refractivity contribution in [2.24, 2.45) is 0 Å². The zero-order valence-corrected chi connectivity index (χ0v) is 21.2. The number of hydrogen-bond acceptors (Lipinski definition) is 3. The number of benzene rings is 3. The summed E-state index contributed by atoms with van der Waals surface area (Å²) >= 11 is 0. The van der Waals surface area contributed by atoms with E-state index in [1.165, 1.54) is 33.4 Å². The van der Waals surface area contributed by atoms with E-state index in [-0.39, 0.29) is 5.91 Å². The van der Waals surface area contributed by atoms with Crippen LogP contribution < -0.4 is 10.1 Å². The van der Waals surface area contributed by atoms with Crippen LogP contribution >= 0.6 is 0 Å². The van der Waals surface area contributed by atoms with Crippen molar-refractivity contribution in [3.63, 3.8) is 0 Å². The molecular weight excluding hydrogens is 434 g/mol. The zero-order valence-electron chi connectivity index (χ0n) is 21.2. The highest BCUT2D eigenvalue weighted by Gasteiger charge is 2.16. The van der Waals surface area contributed by atoms with Gasteiger partial charge in [-0.1, -0.05) is 36.4 Å². The molecule has 4 heteroatoms. The van der Waals surface area contributed by atoms with E-state index in [1.54, 1.807) is 6.07 Å². The lowest BCUT2D eigenvalue weighted by Crippen LogP contribution is -2.25. The van der Waals surface area contributed by atoms with E-state index in [9.17, 15) is 4.79 Å². The van der Waals surface area contributed by atoms with E-state index in [2.05, 4.69) is 39.9 Å². The molecule has 0 unspecified atom stereocenters. The highest BCUT2D eigenvalue weighted by molar-refractivity contribution is 5.91. The number of ether oxygens (including phenoxy) is 1. The van der Waals surface area contributed by atoms with Crippen LogP contribution in [0.15, 0.2) is 71.1 Å². The van der Waals surface area contributed by atoms with Gasteiger partial charge in [-0.2, -0.15) is 0 Å². The van der Waals surface area contributed by atoms with Crippen LogP contribution in [0.1, 0.15) is 55.3 Å². The quantitative estimate of drug-likeness (QED) is 0.299. The second-order valence-corrected chi connectivity index (χ2v) is 9.08. The summed E-state index contributed by atoms with van der Waals surface area (Å²) < 4.78 is 12.0. The lowest BCUT2D eigenvalue weighted by molar-refractivity contribution is 0.0924. The largest absolute Gasteiger partial charge is 0.457 e. The van der Waals surface area contributed by atoms with E-state index in [0.29, 0.717) is 25.1 Å². The minimum absolute atomic E-state index is 0.206. The normalized spacial score (nSPS) is 10.9. The van der Waals surface area contributed by atoms with Crippen LogP contribution in [0.2, 0.25) is 0 Å². The fraction of sp³-hybridized carbons (Fsp3) is 0.258. The molecule has 180 valence electrons. The lowest BCUT2D eigenvalue weighted by atomic mass is 9.88. The third-order valence-electron chi connectivity index (χ3n) is 7.02. The molecule has 4 aromatic rings. The summed E-state index contributed by atoms with van der Waals surface area (Å²) in [6.45, 7) is 11.3. The van der Waals surface area contributed by atoms with Crippen molar-refractivity contribution >= 4 is 5.91 Å².